The minimum absolute atomic E-state index is 0.0642. The lowest BCUT2D eigenvalue weighted by molar-refractivity contribution is -0.114. The number of piperidine rings is 1. The second kappa shape index (κ2) is 15.1. The van der Waals surface area contributed by atoms with Crippen molar-refractivity contribution in [3.8, 4) is 34.3 Å². The van der Waals surface area contributed by atoms with Crippen LogP contribution >= 0.6 is 0 Å². The molecule has 0 aliphatic carbocycles. The summed E-state index contributed by atoms with van der Waals surface area (Å²) in [5.41, 5.74) is 5.90. The van der Waals surface area contributed by atoms with Gasteiger partial charge in [0.1, 0.15) is 0 Å². The maximum atomic E-state index is 12.2. The molecule has 2 atom stereocenters. The number of anilines is 1. The Bertz CT molecular complexity index is 1830. The molecule has 1 aromatic heterocycles. The van der Waals surface area contributed by atoms with Crippen molar-refractivity contribution >= 4 is 17.3 Å². The lowest BCUT2D eigenvalue weighted by Gasteiger charge is -2.39. The van der Waals surface area contributed by atoms with Crippen molar-refractivity contribution in [2.75, 3.05) is 46.8 Å². The van der Waals surface area contributed by atoms with Crippen LogP contribution in [-0.2, 0) is 4.79 Å². The number of rotatable bonds is 8. The Morgan fingerprint density at radius 2 is 1.58 bits per heavy atom. The SMILES string of the molecule is COc1cc(-c2ccc(=O)[nH]n2)ccc1OC(F)F.COc1cc2c(cc1OC)[C@@H]1CN(C)CC[C@@H]1N=C2c1ccc(NC(C)=O)cc1. The normalized spacial score (nSPS) is 16.8. The first-order valence-electron chi connectivity index (χ1n) is 15.2. The van der Waals surface area contributed by atoms with Crippen molar-refractivity contribution < 1.29 is 32.5 Å². The molecule has 11 nitrogen and oxygen atoms in total. The van der Waals surface area contributed by atoms with E-state index in [9.17, 15) is 18.4 Å². The van der Waals surface area contributed by atoms with Gasteiger partial charge in [0.25, 0.3) is 5.56 Å². The molecule has 48 heavy (non-hydrogen) atoms. The molecule has 3 aromatic carbocycles. The summed E-state index contributed by atoms with van der Waals surface area (Å²) >= 11 is 0. The van der Waals surface area contributed by atoms with Gasteiger partial charge in [-0.1, -0.05) is 12.1 Å². The number of likely N-dealkylation sites (tertiary alicyclic amines) is 1. The van der Waals surface area contributed by atoms with E-state index in [1.165, 1.54) is 43.9 Å². The molecule has 6 rings (SSSR count). The zero-order valence-corrected chi connectivity index (χ0v) is 27.3. The number of methoxy groups -OCH3 is 3. The van der Waals surface area contributed by atoms with Crippen LogP contribution in [0.4, 0.5) is 14.5 Å². The number of carbonyl (C=O) groups is 1. The van der Waals surface area contributed by atoms with Crippen molar-refractivity contribution in [3.63, 3.8) is 0 Å². The Morgan fingerprint density at radius 1 is 0.917 bits per heavy atom. The van der Waals surface area contributed by atoms with Crippen LogP contribution in [0, 0.1) is 0 Å². The van der Waals surface area contributed by atoms with Crippen molar-refractivity contribution in [3.05, 3.63) is 93.8 Å². The second-order valence-electron chi connectivity index (χ2n) is 11.3. The summed E-state index contributed by atoms with van der Waals surface area (Å²) in [5.74, 6) is 1.81. The number of fused-ring (bicyclic) bond motifs is 3. The number of aromatic nitrogens is 2. The number of nitrogens with zero attached hydrogens (tertiary/aromatic N) is 3. The van der Waals surface area contributed by atoms with E-state index in [-0.39, 0.29) is 29.0 Å². The highest BCUT2D eigenvalue weighted by Crippen LogP contribution is 2.42. The van der Waals surface area contributed by atoms with Crippen LogP contribution in [0.1, 0.15) is 36.0 Å². The van der Waals surface area contributed by atoms with Gasteiger partial charge >= 0.3 is 6.61 Å². The molecule has 2 aliphatic rings. The minimum Gasteiger partial charge on any atom is -0.493 e. The molecule has 1 fully saturated rings. The zero-order valence-electron chi connectivity index (χ0n) is 27.3. The number of benzene rings is 3. The minimum atomic E-state index is -2.93. The topological polar surface area (TPSA) is 127 Å². The van der Waals surface area contributed by atoms with E-state index >= 15 is 0 Å². The number of ether oxygens (including phenoxy) is 4. The predicted molar refractivity (Wildman–Crippen MR) is 178 cm³/mol. The summed E-state index contributed by atoms with van der Waals surface area (Å²) in [6.45, 7) is 0.605. The van der Waals surface area contributed by atoms with E-state index in [2.05, 4.69) is 38.3 Å². The second-order valence-corrected chi connectivity index (χ2v) is 11.3. The number of halogens is 2. The van der Waals surface area contributed by atoms with Gasteiger partial charge in [0.15, 0.2) is 23.0 Å². The van der Waals surface area contributed by atoms with Crippen molar-refractivity contribution in [1.82, 2.24) is 15.1 Å². The van der Waals surface area contributed by atoms with Crippen molar-refractivity contribution in [2.45, 2.75) is 31.9 Å². The summed E-state index contributed by atoms with van der Waals surface area (Å²) in [7, 11) is 6.84. The van der Waals surface area contributed by atoms with E-state index in [0.717, 1.165) is 47.8 Å². The van der Waals surface area contributed by atoms with Gasteiger partial charge in [0.05, 0.1) is 38.8 Å². The number of carbonyl (C=O) groups excluding carboxylic acids is 1. The monoisotopic (exact) mass is 661 g/mol. The number of hydrogen-bond acceptors (Lipinski definition) is 9. The number of aliphatic imine (C=N–C) groups is 1. The maximum Gasteiger partial charge on any atom is 0.387 e. The van der Waals surface area contributed by atoms with Crippen molar-refractivity contribution in [1.29, 1.82) is 0 Å². The molecule has 0 saturated carbocycles. The predicted octanol–water partition coefficient (Wildman–Crippen LogP) is 5.35. The summed E-state index contributed by atoms with van der Waals surface area (Å²) in [5, 5.41) is 8.93. The molecule has 3 heterocycles. The van der Waals surface area contributed by atoms with Crippen LogP contribution in [0.3, 0.4) is 0 Å². The number of hydrogen-bond donors (Lipinski definition) is 2. The first-order valence-corrected chi connectivity index (χ1v) is 15.2. The van der Waals surface area contributed by atoms with Gasteiger partial charge in [-0.2, -0.15) is 13.9 Å². The fourth-order valence-electron chi connectivity index (χ4n) is 5.87. The Balaban J connectivity index is 0.000000206. The molecular weight excluding hydrogens is 624 g/mol. The Labute approximate surface area is 276 Å². The number of H-pyrrole nitrogens is 1. The Hall–Kier alpha value is -5.30. The molecule has 1 saturated heterocycles. The molecule has 2 aliphatic heterocycles. The fourth-order valence-corrected chi connectivity index (χ4v) is 5.87. The maximum absolute atomic E-state index is 12.2. The number of alkyl halides is 2. The van der Waals surface area contributed by atoms with Gasteiger partial charge in [-0.05, 0) is 74.1 Å². The van der Waals surface area contributed by atoms with Crippen LogP contribution in [0.5, 0.6) is 23.0 Å². The largest absolute Gasteiger partial charge is 0.493 e. The Kier molecular flexibility index (Phi) is 10.7. The van der Waals surface area contributed by atoms with Crippen LogP contribution in [0.15, 0.2) is 76.5 Å². The average molecular weight is 662 g/mol. The molecule has 252 valence electrons. The number of amides is 1. The standard InChI is InChI=1S/C23H27N3O3.C12H10F2N2O3/c1-14(27)24-16-7-5-15(6-8-16)23-18-12-22(29-4)21(28-3)11-17(18)19-13-26(2)10-9-20(19)25-23;1-18-10-6-7(2-4-9(10)19-12(13)14)8-3-5-11(17)16-15-8/h5-8,11-12,19-20H,9-10,13H2,1-4H3,(H,24,27);2-6,12H,1H3,(H,16,17)/t19-,20-;/m0./s1. The fraction of sp³-hybridized carbons (Fsp3) is 0.314. The van der Waals surface area contributed by atoms with Gasteiger partial charge in [0, 0.05) is 47.8 Å². The summed E-state index contributed by atoms with van der Waals surface area (Å²) in [6.07, 6.45) is 1.03. The first-order chi connectivity index (χ1) is 23.1. The number of aromatic amines is 1. The molecule has 0 spiro atoms. The quantitative estimate of drug-likeness (QED) is 0.259. The molecule has 0 unspecified atom stereocenters. The molecule has 4 aromatic rings. The van der Waals surface area contributed by atoms with Gasteiger partial charge < -0.3 is 29.2 Å². The van der Waals surface area contributed by atoms with Gasteiger partial charge in [-0.25, -0.2) is 5.10 Å². The third-order valence-electron chi connectivity index (χ3n) is 8.12. The summed E-state index contributed by atoms with van der Waals surface area (Å²) in [4.78, 5) is 29.8. The van der Waals surface area contributed by atoms with E-state index in [4.69, 9.17) is 19.2 Å². The molecule has 0 radical (unpaired) electrons. The number of likely N-dealkylation sites (N-methyl/N-ethyl adjacent to an activating group) is 1. The van der Waals surface area contributed by atoms with Crippen LogP contribution in [0.25, 0.3) is 11.3 Å². The molecule has 13 heteroatoms. The summed E-state index contributed by atoms with van der Waals surface area (Å²) in [6, 6.07) is 19.5. The van der Waals surface area contributed by atoms with E-state index in [1.54, 1.807) is 20.3 Å². The van der Waals surface area contributed by atoms with E-state index in [1.807, 2.05) is 30.3 Å². The van der Waals surface area contributed by atoms with E-state index < -0.39 is 6.61 Å². The van der Waals surface area contributed by atoms with Gasteiger partial charge in [-0.3, -0.25) is 14.6 Å². The summed E-state index contributed by atoms with van der Waals surface area (Å²) < 4.78 is 44.8. The van der Waals surface area contributed by atoms with Crippen LogP contribution in [0.2, 0.25) is 0 Å². The van der Waals surface area contributed by atoms with Gasteiger partial charge in [0.2, 0.25) is 5.91 Å². The lowest BCUT2D eigenvalue weighted by Crippen LogP contribution is -2.41. The highest BCUT2D eigenvalue weighted by atomic mass is 19.3. The van der Waals surface area contributed by atoms with Crippen LogP contribution < -0.4 is 29.8 Å². The van der Waals surface area contributed by atoms with Crippen LogP contribution in [-0.4, -0.2) is 80.8 Å². The smallest absolute Gasteiger partial charge is 0.387 e. The first kappa shape index (κ1) is 34.0. The Morgan fingerprint density at radius 3 is 2.21 bits per heavy atom. The lowest BCUT2D eigenvalue weighted by atomic mass is 9.79. The highest BCUT2D eigenvalue weighted by molar-refractivity contribution is 6.15. The molecular formula is C35H37F2N5O6. The average Bonchev–Trinajstić information content (AvgIpc) is 3.08. The highest BCUT2D eigenvalue weighted by Gasteiger charge is 2.36. The van der Waals surface area contributed by atoms with Crippen molar-refractivity contribution in [2.24, 2.45) is 4.99 Å². The molecule has 2 N–H and O–H groups in total. The van der Waals surface area contributed by atoms with E-state index in [0.29, 0.717) is 22.9 Å². The third kappa shape index (κ3) is 7.80. The number of nitrogens with one attached hydrogen (secondary N) is 2. The van der Waals surface area contributed by atoms with Gasteiger partial charge in [-0.15, -0.1) is 0 Å². The third-order valence-corrected chi connectivity index (χ3v) is 8.12. The molecule has 1 amide bonds. The zero-order chi connectivity index (χ0) is 34.4. The molecule has 0 bridgehead atoms.